The van der Waals surface area contributed by atoms with Gasteiger partial charge >= 0.3 is 0 Å². The van der Waals surface area contributed by atoms with E-state index in [1.165, 1.54) is 0 Å². The summed E-state index contributed by atoms with van der Waals surface area (Å²) in [6.07, 6.45) is 3.48. The highest BCUT2D eigenvalue weighted by Gasteiger charge is 2.14. The Hall–Kier alpha value is -1.36. The van der Waals surface area contributed by atoms with Crippen LogP contribution in [0.2, 0.25) is 0 Å². The van der Waals surface area contributed by atoms with Crippen molar-refractivity contribution in [2.45, 2.75) is 19.9 Å². The number of rotatable bonds is 6. The lowest BCUT2D eigenvalue weighted by molar-refractivity contribution is 0.181. The molecule has 1 N–H and O–H groups in total. The highest BCUT2D eigenvalue weighted by Crippen LogP contribution is 2.14. The monoisotopic (exact) mass is 224 g/mol. The van der Waals surface area contributed by atoms with E-state index >= 15 is 0 Å². The molecule has 0 radical (unpaired) electrons. The molecule has 0 spiro atoms. The Balaban J connectivity index is 2.85. The van der Waals surface area contributed by atoms with Gasteiger partial charge in [0.2, 0.25) is 0 Å². The first kappa shape index (κ1) is 12.7. The number of hydrogen-bond acceptors (Lipinski definition) is 5. The summed E-state index contributed by atoms with van der Waals surface area (Å²) < 4.78 is 5.16. The van der Waals surface area contributed by atoms with Crippen molar-refractivity contribution in [3.05, 3.63) is 12.4 Å². The number of ether oxygens (including phenoxy) is 1. The fourth-order valence-electron chi connectivity index (χ4n) is 1.65. The molecule has 1 aromatic rings. The first-order chi connectivity index (χ1) is 7.72. The van der Waals surface area contributed by atoms with Gasteiger partial charge in [-0.3, -0.25) is 4.98 Å². The number of methoxy groups -OCH3 is 1. The summed E-state index contributed by atoms with van der Waals surface area (Å²) in [5.74, 6) is 1.65. The molecule has 5 nitrogen and oxygen atoms in total. The van der Waals surface area contributed by atoms with Crippen LogP contribution in [0.3, 0.4) is 0 Å². The Bertz CT molecular complexity index is 319. The summed E-state index contributed by atoms with van der Waals surface area (Å²) in [6, 6.07) is 0.288. The van der Waals surface area contributed by atoms with Crippen molar-refractivity contribution in [2.75, 3.05) is 37.5 Å². The molecule has 1 unspecified atom stereocenters. The number of hydrogen-bond donors (Lipinski definition) is 1. The average Bonchev–Trinajstić information content (AvgIpc) is 2.31. The van der Waals surface area contributed by atoms with Crippen LogP contribution in [0.15, 0.2) is 12.4 Å². The number of likely N-dealkylation sites (N-methyl/N-ethyl adjacent to an activating group) is 1. The summed E-state index contributed by atoms with van der Waals surface area (Å²) >= 11 is 0. The van der Waals surface area contributed by atoms with E-state index in [-0.39, 0.29) is 6.04 Å². The Labute approximate surface area is 96.8 Å². The minimum Gasteiger partial charge on any atom is -0.383 e. The second kappa shape index (κ2) is 6.27. The summed E-state index contributed by atoms with van der Waals surface area (Å²) in [6.45, 7) is 5.77. The van der Waals surface area contributed by atoms with Crippen molar-refractivity contribution in [1.82, 2.24) is 9.97 Å². The number of anilines is 2. The zero-order valence-electron chi connectivity index (χ0n) is 10.4. The minimum absolute atomic E-state index is 0.288. The van der Waals surface area contributed by atoms with Gasteiger partial charge in [-0.2, -0.15) is 0 Å². The number of nitrogens with one attached hydrogen (secondary N) is 1. The normalized spacial score (nSPS) is 12.2. The van der Waals surface area contributed by atoms with Crippen LogP contribution in [0.4, 0.5) is 11.6 Å². The summed E-state index contributed by atoms with van der Waals surface area (Å²) in [4.78, 5) is 10.8. The van der Waals surface area contributed by atoms with Gasteiger partial charge in [-0.15, -0.1) is 0 Å². The van der Waals surface area contributed by atoms with E-state index < -0.39 is 0 Å². The smallest absolute Gasteiger partial charge is 0.149 e. The fraction of sp³-hybridized carbons (Fsp3) is 0.636. The maximum absolute atomic E-state index is 5.16. The molecular formula is C11H20N4O. The van der Waals surface area contributed by atoms with E-state index in [0.29, 0.717) is 6.61 Å². The standard InChI is InChI=1S/C11H20N4O/c1-5-15(9(2)8-16-4)11-7-13-6-10(12-3)14-11/h6-7,9H,5,8H2,1-4H3,(H,12,14). The molecule has 1 rings (SSSR count). The van der Waals surface area contributed by atoms with Crippen LogP contribution in [0.25, 0.3) is 0 Å². The van der Waals surface area contributed by atoms with Gasteiger partial charge in [0, 0.05) is 20.7 Å². The molecule has 1 atom stereocenters. The van der Waals surface area contributed by atoms with Crippen molar-refractivity contribution in [2.24, 2.45) is 0 Å². The van der Waals surface area contributed by atoms with Crippen LogP contribution in [-0.4, -0.2) is 43.3 Å². The Kier molecular flexibility index (Phi) is 4.98. The molecule has 0 aliphatic carbocycles. The highest BCUT2D eigenvalue weighted by atomic mass is 16.5. The van der Waals surface area contributed by atoms with Crippen molar-refractivity contribution in [1.29, 1.82) is 0 Å². The molecule has 0 saturated carbocycles. The van der Waals surface area contributed by atoms with Gasteiger partial charge in [-0.1, -0.05) is 0 Å². The van der Waals surface area contributed by atoms with E-state index in [4.69, 9.17) is 4.74 Å². The average molecular weight is 224 g/mol. The van der Waals surface area contributed by atoms with Crippen LogP contribution >= 0.6 is 0 Å². The van der Waals surface area contributed by atoms with Crippen molar-refractivity contribution >= 4 is 11.6 Å². The van der Waals surface area contributed by atoms with Crippen LogP contribution in [-0.2, 0) is 4.74 Å². The summed E-state index contributed by atoms with van der Waals surface area (Å²) in [7, 11) is 3.54. The first-order valence-corrected chi connectivity index (χ1v) is 5.48. The van der Waals surface area contributed by atoms with E-state index in [2.05, 4.69) is 34.0 Å². The third-order valence-electron chi connectivity index (χ3n) is 2.45. The quantitative estimate of drug-likeness (QED) is 0.791. The van der Waals surface area contributed by atoms with Crippen LogP contribution in [0, 0.1) is 0 Å². The molecule has 5 heteroatoms. The Morgan fingerprint density at radius 3 is 2.81 bits per heavy atom. The maximum Gasteiger partial charge on any atom is 0.149 e. The minimum atomic E-state index is 0.288. The largest absolute Gasteiger partial charge is 0.383 e. The molecule has 0 aliphatic rings. The van der Waals surface area contributed by atoms with E-state index in [1.54, 1.807) is 19.5 Å². The molecule has 1 heterocycles. The summed E-state index contributed by atoms with van der Waals surface area (Å²) in [5.41, 5.74) is 0. The molecule has 0 fully saturated rings. The molecule has 90 valence electrons. The lowest BCUT2D eigenvalue weighted by Crippen LogP contribution is -2.36. The second-order valence-corrected chi connectivity index (χ2v) is 3.60. The zero-order chi connectivity index (χ0) is 12.0. The molecule has 0 amide bonds. The predicted molar refractivity (Wildman–Crippen MR) is 65.9 cm³/mol. The van der Waals surface area contributed by atoms with E-state index in [0.717, 1.165) is 18.2 Å². The van der Waals surface area contributed by atoms with Crippen molar-refractivity contribution < 1.29 is 4.74 Å². The first-order valence-electron chi connectivity index (χ1n) is 5.48. The van der Waals surface area contributed by atoms with Crippen molar-refractivity contribution in [3.63, 3.8) is 0 Å². The van der Waals surface area contributed by atoms with Crippen LogP contribution < -0.4 is 10.2 Å². The lowest BCUT2D eigenvalue weighted by atomic mass is 10.3. The molecular weight excluding hydrogens is 204 g/mol. The van der Waals surface area contributed by atoms with Gasteiger partial charge in [-0.25, -0.2) is 4.98 Å². The van der Waals surface area contributed by atoms with Gasteiger partial charge in [0.15, 0.2) is 0 Å². The molecule has 0 saturated heterocycles. The predicted octanol–water partition coefficient (Wildman–Crippen LogP) is 1.38. The molecule has 0 aliphatic heterocycles. The topological polar surface area (TPSA) is 50.3 Å². The van der Waals surface area contributed by atoms with Gasteiger partial charge in [0.05, 0.1) is 25.0 Å². The van der Waals surface area contributed by atoms with E-state index in [9.17, 15) is 0 Å². The summed E-state index contributed by atoms with van der Waals surface area (Å²) in [5, 5.41) is 2.99. The number of aromatic nitrogens is 2. The fourth-order valence-corrected chi connectivity index (χ4v) is 1.65. The Morgan fingerprint density at radius 2 is 2.25 bits per heavy atom. The highest BCUT2D eigenvalue weighted by molar-refractivity contribution is 5.44. The van der Waals surface area contributed by atoms with Gasteiger partial charge in [-0.05, 0) is 13.8 Å². The van der Waals surface area contributed by atoms with Crippen LogP contribution in [0.5, 0.6) is 0 Å². The Morgan fingerprint density at radius 1 is 1.50 bits per heavy atom. The van der Waals surface area contributed by atoms with Crippen molar-refractivity contribution in [3.8, 4) is 0 Å². The third-order valence-corrected chi connectivity index (χ3v) is 2.45. The second-order valence-electron chi connectivity index (χ2n) is 3.60. The SMILES string of the molecule is CCN(c1cncc(NC)n1)C(C)COC. The van der Waals surface area contributed by atoms with E-state index in [1.807, 2.05) is 7.05 Å². The molecule has 1 aromatic heterocycles. The molecule has 0 bridgehead atoms. The maximum atomic E-state index is 5.16. The molecule has 16 heavy (non-hydrogen) atoms. The van der Waals surface area contributed by atoms with Gasteiger partial charge in [0.1, 0.15) is 11.6 Å². The third kappa shape index (κ3) is 3.06. The molecule has 0 aromatic carbocycles. The number of nitrogens with zero attached hydrogens (tertiary/aromatic N) is 3. The lowest BCUT2D eigenvalue weighted by Gasteiger charge is -2.28. The van der Waals surface area contributed by atoms with Gasteiger partial charge < -0.3 is 15.0 Å². The van der Waals surface area contributed by atoms with Crippen LogP contribution in [0.1, 0.15) is 13.8 Å². The van der Waals surface area contributed by atoms with Gasteiger partial charge in [0.25, 0.3) is 0 Å². The zero-order valence-corrected chi connectivity index (χ0v) is 10.4.